The lowest BCUT2D eigenvalue weighted by molar-refractivity contribution is 0.153. The van der Waals surface area contributed by atoms with Crippen molar-refractivity contribution in [1.29, 1.82) is 0 Å². The Labute approximate surface area is 154 Å². The summed E-state index contributed by atoms with van der Waals surface area (Å²) in [5, 5.41) is 11.3. The third-order valence-electron chi connectivity index (χ3n) is 5.22. The minimum Gasteiger partial charge on any atom is -0.391 e. The zero-order chi connectivity index (χ0) is 17.2. The number of β-amino-alcohol motifs (C(OH)–C–C–N with tert-alkyl or cyclic N) is 1. The van der Waals surface area contributed by atoms with Gasteiger partial charge in [0, 0.05) is 55.2 Å². The fourth-order valence-corrected chi connectivity index (χ4v) is 4.85. The van der Waals surface area contributed by atoms with Gasteiger partial charge in [-0.2, -0.15) is 11.8 Å². The summed E-state index contributed by atoms with van der Waals surface area (Å²) >= 11 is 2.05. The highest BCUT2D eigenvalue weighted by Gasteiger charge is 2.23. The van der Waals surface area contributed by atoms with Gasteiger partial charge in [-0.05, 0) is 38.0 Å². The standard InChI is InChI=1S/C20H27N3OS/c1-15-4-5-19-16(11-15)12-17(13-22-7-9-25-10-8-22)20(21-19)23-6-2-3-18(24)14-23/h4-5,11-12,18,24H,2-3,6-10,13-14H2,1H3/t18-/m1/s1. The molecule has 2 aliphatic heterocycles. The maximum Gasteiger partial charge on any atom is 0.133 e. The van der Waals surface area contributed by atoms with E-state index in [1.807, 2.05) is 11.8 Å². The molecule has 2 aliphatic rings. The number of nitrogens with zero attached hydrogens (tertiary/aromatic N) is 3. The Kier molecular flexibility index (Phi) is 5.15. The lowest BCUT2D eigenvalue weighted by atomic mass is 10.1. The van der Waals surface area contributed by atoms with Crippen LogP contribution in [-0.4, -0.2) is 58.8 Å². The van der Waals surface area contributed by atoms with E-state index in [-0.39, 0.29) is 6.10 Å². The van der Waals surface area contributed by atoms with Gasteiger partial charge in [-0.1, -0.05) is 11.6 Å². The largest absolute Gasteiger partial charge is 0.391 e. The van der Waals surface area contributed by atoms with Crippen LogP contribution in [0.25, 0.3) is 10.9 Å². The van der Waals surface area contributed by atoms with E-state index in [9.17, 15) is 5.11 Å². The zero-order valence-electron chi connectivity index (χ0n) is 14.9. The van der Waals surface area contributed by atoms with Gasteiger partial charge >= 0.3 is 0 Å². The molecule has 1 aromatic heterocycles. The van der Waals surface area contributed by atoms with Gasteiger partial charge in [-0.3, -0.25) is 4.90 Å². The predicted octanol–water partition coefficient (Wildman–Crippen LogP) is 3.05. The number of aryl methyl sites for hydroxylation is 1. The van der Waals surface area contributed by atoms with Gasteiger partial charge in [0.25, 0.3) is 0 Å². The van der Waals surface area contributed by atoms with Crippen LogP contribution in [0.15, 0.2) is 24.3 Å². The number of anilines is 1. The molecule has 4 nitrogen and oxygen atoms in total. The molecule has 1 aromatic carbocycles. The van der Waals surface area contributed by atoms with Crippen LogP contribution in [0.5, 0.6) is 0 Å². The number of rotatable bonds is 3. The number of thioether (sulfide) groups is 1. The minimum absolute atomic E-state index is 0.233. The number of fused-ring (bicyclic) bond motifs is 1. The maximum absolute atomic E-state index is 10.1. The van der Waals surface area contributed by atoms with Crippen molar-refractivity contribution in [1.82, 2.24) is 9.88 Å². The van der Waals surface area contributed by atoms with Crippen molar-refractivity contribution in [3.63, 3.8) is 0 Å². The van der Waals surface area contributed by atoms with Crippen LogP contribution >= 0.6 is 11.8 Å². The molecule has 1 N–H and O–H groups in total. The second-order valence-corrected chi connectivity index (χ2v) is 8.52. The Bertz CT molecular complexity index is 745. The van der Waals surface area contributed by atoms with Gasteiger partial charge in [0.15, 0.2) is 0 Å². The molecule has 2 aromatic rings. The van der Waals surface area contributed by atoms with Gasteiger partial charge in [-0.25, -0.2) is 4.98 Å². The quantitative estimate of drug-likeness (QED) is 0.914. The average Bonchev–Trinajstić information content (AvgIpc) is 2.62. The zero-order valence-corrected chi connectivity index (χ0v) is 15.8. The number of aliphatic hydroxyl groups excluding tert-OH is 1. The molecule has 0 spiro atoms. The molecule has 134 valence electrons. The molecule has 4 rings (SSSR count). The number of benzene rings is 1. The summed E-state index contributed by atoms with van der Waals surface area (Å²) in [7, 11) is 0. The second-order valence-electron chi connectivity index (χ2n) is 7.30. The molecule has 0 radical (unpaired) electrons. The molecule has 0 unspecified atom stereocenters. The average molecular weight is 358 g/mol. The highest BCUT2D eigenvalue weighted by molar-refractivity contribution is 7.99. The molecule has 1 atom stereocenters. The Morgan fingerprint density at radius 3 is 2.84 bits per heavy atom. The van der Waals surface area contributed by atoms with Gasteiger partial charge in [0.1, 0.15) is 5.82 Å². The number of pyridine rings is 1. The van der Waals surface area contributed by atoms with Gasteiger partial charge in [0.05, 0.1) is 11.6 Å². The van der Waals surface area contributed by atoms with Crippen LogP contribution in [0.3, 0.4) is 0 Å². The SMILES string of the molecule is Cc1ccc2nc(N3CCC[C@@H](O)C3)c(CN3CCSCC3)cc2c1. The van der Waals surface area contributed by atoms with Crippen molar-refractivity contribution in [2.45, 2.75) is 32.4 Å². The normalized spacial score (nSPS) is 22.5. The van der Waals surface area contributed by atoms with E-state index in [0.717, 1.165) is 50.4 Å². The lowest BCUT2D eigenvalue weighted by Gasteiger charge is -2.34. The van der Waals surface area contributed by atoms with Gasteiger partial charge in [0.2, 0.25) is 0 Å². The molecule has 3 heterocycles. The van der Waals surface area contributed by atoms with Crippen molar-refractivity contribution >= 4 is 28.5 Å². The van der Waals surface area contributed by atoms with E-state index in [2.05, 4.69) is 41.0 Å². The number of piperidine rings is 1. The summed E-state index contributed by atoms with van der Waals surface area (Å²) < 4.78 is 0. The topological polar surface area (TPSA) is 39.6 Å². The Balaban J connectivity index is 1.71. The van der Waals surface area contributed by atoms with Crippen molar-refractivity contribution in [3.8, 4) is 0 Å². The monoisotopic (exact) mass is 357 g/mol. The molecule has 0 amide bonds. The molecule has 2 fully saturated rings. The molecule has 0 aliphatic carbocycles. The molecule has 0 bridgehead atoms. The Morgan fingerprint density at radius 1 is 1.20 bits per heavy atom. The van der Waals surface area contributed by atoms with E-state index in [4.69, 9.17) is 4.98 Å². The molecule has 2 saturated heterocycles. The van der Waals surface area contributed by atoms with Crippen molar-refractivity contribution in [2.75, 3.05) is 42.6 Å². The molecule has 5 heteroatoms. The number of hydrogen-bond donors (Lipinski definition) is 1. The third-order valence-corrected chi connectivity index (χ3v) is 6.16. The Hall–Kier alpha value is -1.30. The highest BCUT2D eigenvalue weighted by atomic mass is 32.2. The van der Waals surface area contributed by atoms with Crippen LogP contribution in [0.1, 0.15) is 24.0 Å². The first-order chi connectivity index (χ1) is 12.2. The van der Waals surface area contributed by atoms with Crippen molar-refractivity contribution < 1.29 is 5.11 Å². The lowest BCUT2D eigenvalue weighted by Crippen LogP contribution is -2.40. The van der Waals surface area contributed by atoms with E-state index in [1.165, 1.54) is 28.0 Å². The van der Waals surface area contributed by atoms with E-state index >= 15 is 0 Å². The summed E-state index contributed by atoms with van der Waals surface area (Å²) in [5.41, 5.74) is 3.63. The molecule has 0 saturated carbocycles. The number of hydrogen-bond acceptors (Lipinski definition) is 5. The van der Waals surface area contributed by atoms with Crippen LogP contribution in [0, 0.1) is 6.92 Å². The van der Waals surface area contributed by atoms with Crippen LogP contribution in [0.4, 0.5) is 5.82 Å². The first-order valence-corrected chi connectivity index (χ1v) is 10.5. The summed E-state index contributed by atoms with van der Waals surface area (Å²) in [6.45, 7) is 7.09. The third kappa shape index (κ3) is 3.94. The van der Waals surface area contributed by atoms with Crippen LogP contribution in [0.2, 0.25) is 0 Å². The van der Waals surface area contributed by atoms with Gasteiger partial charge < -0.3 is 10.0 Å². The summed E-state index contributed by atoms with van der Waals surface area (Å²) in [6, 6.07) is 8.81. The molecular formula is C20H27N3OS. The predicted molar refractivity (Wildman–Crippen MR) is 107 cm³/mol. The first-order valence-electron chi connectivity index (χ1n) is 9.32. The first kappa shape index (κ1) is 17.1. The molecular weight excluding hydrogens is 330 g/mol. The molecule has 25 heavy (non-hydrogen) atoms. The van der Waals surface area contributed by atoms with E-state index < -0.39 is 0 Å². The van der Waals surface area contributed by atoms with Crippen molar-refractivity contribution in [2.24, 2.45) is 0 Å². The van der Waals surface area contributed by atoms with Gasteiger partial charge in [-0.15, -0.1) is 0 Å². The summed E-state index contributed by atoms with van der Waals surface area (Å²) in [5.74, 6) is 3.52. The fourth-order valence-electron chi connectivity index (χ4n) is 3.87. The highest BCUT2D eigenvalue weighted by Crippen LogP contribution is 2.28. The maximum atomic E-state index is 10.1. The second kappa shape index (κ2) is 7.52. The minimum atomic E-state index is -0.233. The van der Waals surface area contributed by atoms with Crippen LogP contribution in [-0.2, 0) is 6.54 Å². The smallest absolute Gasteiger partial charge is 0.133 e. The van der Waals surface area contributed by atoms with E-state index in [1.54, 1.807) is 0 Å². The summed E-state index contributed by atoms with van der Waals surface area (Å²) in [6.07, 6.45) is 1.71. The summed E-state index contributed by atoms with van der Waals surface area (Å²) in [4.78, 5) is 9.86. The Morgan fingerprint density at radius 2 is 2.04 bits per heavy atom. The van der Waals surface area contributed by atoms with E-state index in [0.29, 0.717) is 6.54 Å². The van der Waals surface area contributed by atoms with Crippen molar-refractivity contribution in [3.05, 3.63) is 35.4 Å². The number of aromatic nitrogens is 1. The number of aliphatic hydroxyl groups is 1. The fraction of sp³-hybridized carbons (Fsp3) is 0.550. The van der Waals surface area contributed by atoms with Crippen LogP contribution < -0.4 is 4.90 Å².